The molecule has 0 unspecified atom stereocenters. The lowest BCUT2D eigenvalue weighted by Crippen LogP contribution is -2.14. The first kappa shape index (κ1) is 14.2. The first-order valence-corrected chi connectivity index (χ1v) is 6.46. The molecule has 0 spiro atoms. The zero-order valence-corrected chi connectivity index (χ0v) is 10.5. The summed E-state index contributed by atoms with van der Waals surface area (Å²) < 4.78 is 0. The van der Waals surface area contributed by atoms with Gasteiger partial charge in [-0.25, -0.2) is 0 Å². The average Bonchev–Trinajstić information content (AvgIpc) is 2.38. The van der Waals surface area contributed by atoms with Crippen LogP contribution in [0.3, 0.4) is 0 Å². The fraction of sp³-hybridized carbons (Fsp3) is 0.571. The van der Waals surface area contributed by atoms with Crippen LogP contribution in [0.25, 0.3) is 0 Å². The molecule has 0 saturated heterocycles. The molecule has 1 aromatic rings. The van der Waals surface area contributed by atoms with Gasteiger partial charge >= 0.3 is 0 Å². The van der Waals surface area contributed by atoms with E-state index >= 15 is 0 Å². The maximum absolute atomic E-state index is 8.92. The highest BCUT2D eigenvalue weighted by Gasteiger charge is 1.94. The summed E-state index contributed by atoms with van der Waals surface area (Å²) in [7, 11) is 0. The van der Waals surface area contributed by atoms with E-state index in [2.05, 4.69) is 17.4 Å². The third kappa shape index (κ3) is 6.41. The number of aliphatic hydroxyl groups excluding tert-OH is 1. The van der Waals surface area contributed by atoms with Gasteiger partial charge in [-0.1, -0.05) is 37.1 Å². The lowest BCUT2D eigenvalue weighted by molar-refractivity contribution is 0.282. The van der Waals surface area contributed by atoms with Crippen LogP contribution in [0.1, 0.15) is 36.8 Å². The number of rotatable bonds is 9. The van der Waals surface area contributed by atoms with Gasteiger partial charge in [-0.2, -0.15) is 0 Å². The lowest BCUT2D eigenvalue weighted by atomic mass is 10.1. The summed E-state index contributed by atoms with van der Waals surface area (Å²) in [6.07, 6.45) is 4.86. The van der Waals surface area contributed by atoms with Crippen molar-refractivity contribution in [1.82, 2.24) is 5.32 Å². The molecule has 0 heterocycles. The molecule has 1 aromatic carbocycles. The van der Waals surface area contributed by atoms with Crippen LogP contribution in [0.15, 0.2) is 24.3 Å². The molecule has 96 valence electrons. The van der Waals surface area contributed by atoms with E-state index in [-0.39, 0.29) is 6.61 Å². The van der Waals surface area contributed by atoms with Crippen LogP contribution in [0.2, 0.25) is 0 Å². The predicted molar refractivity (Wildman–Crippen MR) is 71.6 cm³/mol. The minimum Gasteiger partial charge on any atom is -0.392 e. The molecule has 3 nitrogen and oxygen atoms in total. The van der Waals surface area contributed by atoms with Crippen LogP contribution in [0.5, 0.6) is 0 Å². The van der Waals surface area contributed by atoms with Gasteiger partial charge in [-0.3, -0.25) is 0 Å². The first-order chi connectivity index (χ1) is 8.36. The largest absolute Gasteiger partial charge is 0.392 e. The van der Waals surface area contributed by atoms with E-state index in [1.54, 1.807) is 0 Å². The van der Waals surface area contributed by atoms with Crippen molar-refractivity contribution in [3.05, 3.63) is 35.4 Å². The van der Waals surface area contributed by atoms with E-state index in [4.69, 9.17) is 10.8 Å². The summed E-state index contributed by atoms with van der Waals surface area (Å²) in [5.41, 5.74) is 7.67. The molecule has 0 amide bonds. The highest BCUT2D eigenvalue weighted by molar-refractivity contribution is 5.21. The van der Waals surface area contributed by atoms with Crippen molar-refractivity contribution >= 4 is 0 Å². The Morgan fingerprint density at radius 2 is 1.59 bits per heavy atom. The van der Waals surface area contributed by atoms with E-state index in [1.807, 2.05) is 12.1 Å². The van der Waals surface area contributed by atoms with Crippen molar-refractivity contribution in [2.24, 2.45) is 5.73 Å². The van der Waals surface area contributed by atoms with Gasteiger partial charge in [-0.05, 0) is 37.1 Å². The average molecular weight is 236 g/mol. The van der Waals surface area contributed by atoms with Crippen molar-refractivity contribution in [3.63, 3.8) is 0 Å². The highest BCUT2D eigenvalue weighted by Crippen LogP contribution is 2.04. The summed E-state index contributed by atoms with van der Waals surface area (Å²) in [5, 5.41) is 12.3. The Balaban J connectivity index is 2.05. The molecule has 0 aromatic heterocycles. The zero-order chi connectivity index (χ0) is 12.3. The minimum absolute atomic E-state index is 0.120. The van der Waals surface area contributed by atoms with Gasteiger partial charge in [0, 0.05) is 6.54 Å². The van der Waals surface area contributed by atoms with Crippen LogP contribution in [0.4, 0.5) is 0 Å². The van der Waals surface area contributed by atoms with E-state index in [9.17, 15) is 0 Å². The van der Waals surface area contributed by atoms with Crippen molar-refractivity contribution in [1.29, 1.82) is 0 Å². The standard InChI is InChI=1S/C14H24N2O/c15-9-3-1-2-4-10-16-11-13-5-7-14(12-17)8-6-13/h5-8,16-17H,1-4,9-12,15H2. The second-order valence-corrected chi connectivity index (χ2v) is 4.35. The lowest BCUT2D eigenvalue weighted by Gasteiger charge is -2.05. The molecule has 1 rings (SSSR count). The second-order valence-electron chi connectivity index (χ2n) is 4.35. The number of nitrogens with one attached hydrogen (secondary N) is 1. The second kappa shape index (κ2) is 9.16. The van der Waals surface area contributed by atoms with Crippen molar-refractivity contribution in [2.45, 2.75) is 38.8 Å². The fourth-order valence-corrected chi connectivity index (χ4v) is 1.74. The molecule has 0 bridgehead atoms. The molecule has 0 saturated carbocycles. The topological polar surface area (TPSA) is 58.3 Å². The van der Waals surface area contributed by atoms with Gasteiger partial charge in [0.25, 0.3) is 0 Å². The van der Waals surface area contributed by atoms with Gasteiger partial charge in [-0.15, -0.1) is 0 Å². The Morgan fingerprint density at radius 1 is 0.941 bits per heavy atom. The summed E-state index contributed by atoms with van der Waals surface area (Å²) >= 11 is 0. The molecule has 0 radical (unpaired) electrons. The Morgan fingerprint density at radius 3 is 2.24 bits per heavy atom. The van der Waals surface area contributed by atoms with E-state index in [1.165, 1.54) is 24.8 Å². The summed E-state index contributed by atoms with van der Waals surface area (Å²) in [4.78, 5) is 0. The number of unbranched alkanes of at least 4 members (excludes halogenated alkanes) is 3. The Bertz CT molecular complexity index is 285. The first-order valence-electron chi connectivity index (χ1n) is 6.46. The van der Waals surface area contributed by atoms with Crippen LogP contribution >= 0.6 is 0 Å². The maximum atomic E-state index is 8.92. The predicted octanol–water partition coefficient (Wildman–Crippen LogP) is 1.79. The third-order valence-corrected chi connectivity index (χ3v) is 2.84. The van der Waals surface area contributed by atoms with Gasteiger partial charge in [0.05, 0.1) is 6.61 Å². The molecule has 3 heteroatoms. The summed E-state index contributed by atoms with van der Waals surface area (Å²) in [6.45, 7) is 2.90. The number of nitrogens with two attached hydrogens (primary N) is 1. The molecule has 0 aliphatic heterocycles. The monoisotopic (exact) mass is 236 g/mol. The molecule has 4 N–H and O–H groups in total. The Hall–Kier alpha value is -0.900. The van der Waals surface area contributed by atoms with Crippen LogP contribution in [0, 0.1) is 0 Å². The van der Waals surface area contributed by atoms with E-state index in [0.717, 1.165) is 31.6 Å². The smallest absolute Gasteiger partial charge is 0.0681 e. The maximum Gasteiger partial charge on any atom is 0.0681 e. The van der Waals surface area contributed by atoms with Gasteiger partial charge in [0.1, 0.15) is 0 Å². The molecular formula is C14H24N2O. The summed E-state index contributed by atoms with van der Waals surface area (Å²) in [6, 6.07) is 8.07. The number of aliphatic hydroxyl groups is 1. The number of benzene rings is 1. The third-order valence-electron chi connectivity index (χ3n) is 2.84. The van der Waals surface area contributed by atoms with Crippen LogP contribution in [-0.2, 0) is 13.2 Å². The van der Waals surface area contributed by atoms with E-state index < -0.39 is 0 Å². The minimum atomic E-state index is 0.120. The highest BCUT2D eigenvalue weighted by atomic mass is 16.3. The number of hydrogen-bond acceptors (Lipinski definition) is 3. The molecular weight excluding hydrogens is 212 g/mol. The number of hydrogen-bond donors (Lipinski definition) is 3. The van der Waals surface area contributed by atoms with Crippen LogP contribution < -0.4 is 11.1 Å². The van der Waals surface area contributed by atoms with Crippen molar-refractivity contribution < 1.29 is 5.11 Å². The molecule has 0 aliphatic carbocycles. The normalized spacial score (nSPS) is 10.7. The van der Waals surface area contributed by atoms with Crippen molar-refractivity contribution in [2.75, 3.05) is 13.1 Å². The van der Waals surface area contributed by atoms with Gasteiger partial charge < -0.3 is 16.2 Å². The Labute approximate surface area is 104 Å². The Kier molecular flexibility index (Phi) is 7.63. The van der Waals surface area contributed by atoms with Gasteiger partial charge in [0.2, 0.25) is 0 Å². The van der Waals surface area contributed by atoms with E-state index in [0.29, 0.717) is 0 Å². The fourth-order valence-electron chi connectivity index (χ4n) is 1.74. The SMILES string of the molecule is NCCCCCCNCc1ccc(CO)cc1. The molecule has 0 aliphatic rings. The molecule has 0 fully saturated rings. The van der Waals surface area contributed by atoms with Crippen LogP contribution in [-0.4, -0.2) is 18.2 Å². The quantitative estimate of drug-likeness (QED) is 0.573. The van der Waals surface area contributed by atoms with Gasteiger partial charge in [0.15, 0.2) is 0 Å². The van der Waals surface area contributed by atoms with Crippen molar-refractivity contribution in [3.8, 4) is 0 Å². The summed E-state index contributed by atoms with van der Waals surface area (Å²) in [5.74, 6) is 0. The molecule has 17 heavy (non-hydrogen) atoms. The zero-order valence-electron chi connectivity index (χ0n) is 10.5. The molecule has 0 atom stereocenters.